The van der Waals surface area contributed by atoms with E-state index >= 15 is 0 Å². The summed E-state index contributed by atoms with van der Waals surface area (Å²) in [4.78, 5) is 29.6. The highest BCUT2D eigenvalue weighted by atomic mass is 16.5. The molecule has 31 heavy (non-hydrogen) atoms. The van der Waals surface area contributed by atoms with E-state index in [1.165, 1.54) is 0 Å². The van der Waals surface area contributed by atoms with Crippen LogP contribution in [0, 0.1) is 5.92 Å². The first-order valence-corrected chi connectivity index (χ1v) is 10.4. The molecule has 164 valence electrons. The fraction of sp³-hybridized carbons (Fsp3) is 0.360. The predicted octanol–water partition coefficient (Wildman–Crippen LogP) is 4.27. The van der Waals surface area contributed by atoms with Crippen molar-refractivity contribution >= 4 is 17.4 Å². The van der Waals surface area contributed by atoms with E-state index in [-0.39, 0.29) is 30.2 Å². The molecule has 2 aromatic rings. The average Bonchev–Trinajstić information content (AvgIpc) is 2.99. The van der Waals surface area contributed by atoms with E-state index in [4.69, 9.17) is 4.74 Å². The highest BCUT2D eigenvalue weighted by Crippen LogP contribution is 2.40. The Morgan fingerprint density at radius 2 is 1.71 bits per heavy atom. The van der Waals surface area contributed by atoms with Crippen LogP contribution >= 0.6 is 0 Å². The van der Waals surface area contributed by atoms with Gasteiger partial charge < -0.3 is 19.6 Å². The van der Waals surface area contributed by atoms with Gasteiger partial charge >= 0.3 is 0 Å². The van der Waals surface area contributed by atoms with E-state index < -0.39 is 17.7 Å². The van der Waals surface area contributed by atoms with Crippen molar-refractivity contribution in [3.05, 3.63) is 71.0 Å². The largest absolute Gasteiger partial charge is 0.503 e. The third kappa shape index (κ3) is 4.74. The molecule has 0 saturated heterocycles. The van der Waals surface area contributed by atoms with Gasteiger partial charge in [-0.05, 0) is 41.3 Å². The Bertz CT molecular complexity index is 976. The van der Waals surface area contributed by atoms with Crippen molar-refractivity contribution in [2.24, 2.45) is 5.92 Å². The molecule has 0 aliphatic carbocycles. The molecule has 0 radical (unpaired) electrons. The van der Waals surface area contributed by atoms with Crippen LogP contribution in [0.25, 0.3) is 0 Å². The number of nitrogens with zero attached hydrogens (tertiary/aromatic N) is 2. The topological polar surface area (TPSA) is 70.1 Å². The molecule has 6 heteroatoms. The second kappa shape index (κ2) is 9.25. The third-order valence-electron chi connectivity index (χ3n) is 5.43. The van der Waals surface area contributed by atoms with Gasteiger partial charge in [-0.1, -0.05) is 38.1 Å². The number of rotatable bonds is 8. The summed E-state index contributed by atoms with van der Waals surface area (Å²) in [5, 5.41) is 10.7. The predicted molar refractivity (Wildman–Crippen MR) is 121 cm³/mol. The summed E-state index contributed by atoms with van der Waals surface area (Å²) in [7, 11) is 5.50. The fourth-order valence-electron chi connectivity index (χ4n) is 3.81. The SMILES string of the molecule is COc1ccc(CN2C(=O)C(O)=C(C(=O)CC(C)C)C2c2ccc(N(C)C)cc2)cc1. The zero-order valence-electron chi connectivity index (χ0n) is 18.8. The Hall–Kier alpha value is -3.28. The smallest absolute Gasteiger partial charge is 0.290 e. The Kier molecular flexibility index (Phi) is 6.68. The van der Waals surface area contributed by atoms with Crippen LogP contribution < -0.4 is 9.64 Å². The summed E-state index contributed by atoms with van der Waals surface area (Å²) in [5.74, 6) is -0.318. The molecular weight excluding hydrogens is 392 g/mol. The van der Waals surface area contributed by atoms with Gasteiger partial charge in [0.2, 0.25) is 0 Å². The Morgan fingerprint density at radius 3 is 2.23 bits per heavy atom. The van der Waals surface area contributed by atoms with Crippen LogP contribution in [0.15, 0.2) is 59.9 Å². The Balaban J connectivity index is 2.01. The quantitative estimate of drug-likeness (QED) is 0.688. The molecule has 1 amide bonds. The normalized spacial score (nSPS) is 16.3. The number of hydrogen-bond acceptors (Lipinski definition) is 5. The summed E-state index contributed by atoms with van der Waals surface area (Å²) >= 11 is 0. The molecule has 1 heterocycles. The number of carbonyl (C=O) groups is 2. The maximum Gasteiger partial charge on any atom is 0.290 e. The van der Waals surface area contributed by atoms with Crippen LogP contribution in [0.2, 0.25) is 0 Å². The van der Waals surface area contributed by atoms with E-state index in [9.17, 15) is 14.7 Å². The van der Waals surface area contributed by atoms with Gasteiger partial charge in [0.15, 0.2) is 11.5 Å². The summed E-state index contributed by atoms with van der Waals surface area (Å²) in [6.07, 6.45) is 0.273. The van der Waals surface area contributed by atoms with Crippen LogP contribution in [0.4, 0.5) is 5.69 Å². The van der Waals surface area contributed by atoms with Crippen molar-refractivity contribution in [1.82, 2.24) is 4.90 Å². The molecule has 0 saturated carbocycles. The van der Waals surface area contributed by atoms with Gasteiger partial charge in [-0.2, -0.15) is 0 Å². The molecule has 0 fully saturated rings. The highest BCUT2D eigenvalue weighted by molar-refractivity contribution is 6.09. The van der Waals surface area contributed by atoms with Crippen molar-refractivity contribution in [3.8, 4) is 5.75 Å². The molecule has 1 aliphatic rings. The zero-order valence-corrected chi connectivity index (χ0v) is 18.8. The second-order valence-electron chi connectivity index (χ2n) is 8.45. The first-order chi connectivity index (χ1) is 14.7. The minimum atomic E-state index is -0.628. The number of hydrogen-bond donors (Lipinski definition) is 1. The van der Waals surface area contributed by atoms with E-state index in [0.717, 1.165) is 22.6 Å². The van der Waals surface area contributed by atoms with Crippen molar-refractivity contribution in [2.75, 3.05) is 26.1 Å². The van der Waals surface area contributed by atoms with Crippen LogP contribution in [-0.4, -0.2) is 42.9 Å². The second-order valence-corrected chi connectivity index (χ2v) is 8.45. The van der Waals surface area contributed by atoms with Crippen LogP contribution in [-0.2, 0) is 16.1 Å². The van der Waals surface area contributed by atoms with Gasteiger partial charge in [-0.25, -0.2) is 0 Å². The molecule has 2 aromatic carbocycles. The molecule has 0 bridgehead atoms. The number of aliphatic hydroxyl groups excluding tert-OH is 1. The van der Waals surface area contributed by atoms with E-state index in [2.05, 4.69) is 0 Å². The van der Waals surface area contributed by atoms with Crippen molar-refractivity contribution in [3.63, 3.8) is 0 Å². The van der Waals surface area contributed by atoms with Gasteiger partial charge in [0.25, 0.3) is 5.91 Å². The molecule has 3 rings (SSSR count). The van der Waals surface area contributed by atoms with Gasteiger partial charge in [-0.3, -0.25) is 9.59 Å². The van der Waals surface area contributed by atoms with E-state index in [1.807, 2.05) is 81.4 Å². The first kappa shape index (κ1) is 22.4. The molecule has 1 unspecified atom stereocenters. The number of ketones is 1. The maximum absolute atomic E-state index is 13.0. The first-order valence-electron chi connectivity index (χ1n) is 10.4. The number of benzene rings is 2. The molecule has 1 atom stereocenters. The van der Waals surface area contributed by atoms with E-state index in [0.29, 0.717) is 0 Å². The van der Waals surface area contributed by atoms with Crippen LogP contribution in [0.3, 0.4) is 0 Å². The van der Waals surface area contributed by atoms with Gasteiger partial charge in [0.1, 0.15) is 5.75 Å². The number of anilines is 1. The average molecular weight is 423 g/mol. The number of aliphatic hydroxyl groups is 1. The highest BCUT2D eigenvalue weighted by Gasteiger charge is 2.43. The van der Waals surface area contributed by atoms with Gasteiger partial charge in [-0.15, -0.1) is 0 Å². The summed E-state index contributed by atoms with van der Waals surface area (Å²) < 4.78 is 5.21. The lowest BCUT2D eigenvalue weighted by atomic mass is 9.92. The standard InChI is InChI=1S/C25H30N2O4/c1-16(2)14-21(28)22-23(18-8-10-19(11-9-18)26(3)4)27(25(30)24(22)29)15-17-6-12-20(31-5)13-7-17/h6-13,16,23,29H,14-15H2,1-5H3. The molecule has 1 N–H and O–H groups in total. The lowest BCUT2D eigenvalue weighted by Gasteiger charge is -2.27. The molecule has 0 spiro atoms. The maximum atomic E-state index is 13.0. The van der Waals surface area contributed by atoms with E-state index in [1.54, 1.807) is 12.0 Å². The lowest BCUT2D eigenvalue weighted by Crippen LogP contribution is -2.30. The van der Waals surface area contributed by atoms with Gasteiger partial charge in [0, 0.05) is 32.7 Å². The van der Waals surface area contributed by atoms with Crippen LogP contribution in [0.5, 0.6) is 5.75 Å². The van der Waals surface area contributed by atoms with Gasteiger partial charge in [0.05, 0.1) is 18.7 Å². The monoisotopic (exact) mass is 422 g/mol. The fourth-order valence-corrected chi connectivity index (χ4v) is 3.81. The summed E-state index contributed by atoms with van der Waals surface area (Å²) in [6.45, 7) is 4.16. The molecule has 1 aliphatic heterocycles. The molecular formula is C25H30N2O4. The van der Waals surface area contributed by atoms with Crippen molar-refractivity contribution < 1.29 is 19.4 Å². The van der Waals surface area contributed by atoms with Crippen molar-refractivity contribution in [2.45, 2.75) is 32.9 Å². The summed E-state index contributed by atoms with van der Waals surface area (Å²) in [6, 6.07) is 14.5. The van der Waals surface area contributed by atoms with Crippen LogP contribution in [0.1, 0.15) is 37.4 Å². The lowest BCUT2D eigenvalue weighted by molar-refractivity contribution is -0.130. The number of ether oxygens (including phenoxy) is 1. The number of amides is 1. The van der Waals surface area contributed by atoms with Crippen molar-refractivity contribution in [1.29, 1.82) is 0 Å². The minimum absolute atomic E-state index is 0.121. The molecule has 0 aromatic heterocycles. The Labute approximate surface area is 183 Å². The minimum Gasteiger partial charge on any atom is -0.503 e. The number of Topliss-reactive ketones (excluding diaryl/α,β-unsaturated/α-hetero) is 1. The number of carbonyl (C=O) groups excluding carboxylic acids is 2. The zero-order chi connectivity index (χ0) is 22.7. The number of methoxy groups -OCH3 is 1. The molecule has 6 nitrogen and oxygen atoms in total. The summed E-state index contributed by atoms with van der Waals surface area (Å²) in [5.41, 5.74) is 2.88. The Morgan fingerprint density at radius 1 is 1.10 bits per heavy atom. The third-order valence-corrected chi connectivity index (χ3v) is 5.43.